The zero-order valence-corrected chi connectivity index (χ0v) is 13.8. The summed E-state index contributed by atoms with van der Waals surface area (Å²) in [5, 5.41) is 3.73. The maximum absolute atomic E-state index is 11.8. The van der Waals surface area contributed by atoms with Crippen LogP contribution in [0, 0.1) is 0 Å². The minimum atomic E-state index is 0.0687. The third-order valence-electron chi connectivity index (χ3n) is 3.33. The van der Waals surface area contributed by atoms with Crippen LogP contribution >= 0.6 is 11.8 Å². The molecule has 0 aliphatic carbocycles. The lowest BCUT2D eigenvalue weighted by molar-refractivity contribution is -0.118. The highest BCUT2D eigenvalue weighted by Crippen LogP contribution is 2.20. The second-order valence-corrected chi connectivity index (χ2v) is 6.13. The number of thioether (sulfide) groups is 1. The molecule has 0 unspecified atom stereocenters. The molecule has 5 heteroatoms. The third kappa shape index (κ3) is 5.56. The van der Waals surface area contributed by atoms with E-state index in [1.807, 2.05) is 30.3 Å². The van der Waals surface area contributed by atoms with Crippen LogP contribution in [0.2, 0.25) is 0 Å². The van der Waals surface area contributed by atoms with Crippen LogP contribution in [0.25, 0.3) is 11.3 Å². The Morgan fingerprint density at radius 3 is 2.82 bits per heavy atom. The van der Waals surface area contributed by atoms with Crippen LogP contribution in [-0.2, 0) is 4.79 Å². The number of rotatable bonds is 9. The molecular weight excluding hydrogens is 294 g/mol. The summed E-state index contributed by atoms with van der Waals surface area (Å²) in [7, 11) is 0. The molecule has 22 heavy (non-hydrogen) atoms. The second kappa shape index (κ2) is 9.30. The molecule has 1 aromatic heterocycles. The second-order valence-electron chi connectivity index (χ2n) is 5.17. The number of carbonyl (C=O) groups excluding carboxylic acids is 1. The van der Waals surface area contributed by atoms with Crippen molar-refractivity contribution < 1.29 is 4.79 Å². The molecule has 0 saturated heterocycles. The van der Waals surface area contributed by atoms with Crippen molar-refractivity contribution in [3.05, 3.63) is 36.5 Å². The Morgan fingerprint density at radius 1 is 1.23 bits per heavy atom. The summed E-state index contributed by atoms with van der Waals surface area (Å²) in [5.41, 5.74) is 2.07. The minimum absolute atomic E-state index is 0.0687. The van der Waals surface area contributed by atoms with Crippen LogP contribution in [0.3, 0.4) is 0 Å². The van der Waals surface area contributed by atoms with Gasteiger partial charge < -0.3 is 10.3 Å². The van der Waals surface area contributed by atoms with Crippen molar-refractivity contribution in [2.45, 2.75) is 37.8 Å². The van der Waals surface area contributed by atoms with Crippen molar-refractivity contribution in [1.82, 2.24) is 15.3 Å². The summed E-state index contributed by atoms with van der Waals surface area (Å²) >= 11 is 1.43. The zero-order valence-electron chi connectivity index (χ0n) is 13.0. The monoisotopic (exact) mass is 317 g/mol. The molecule has 4 nitrogen and oxygen atoms in total. The van der Waals surface area contributed by atoms with Crippen LogP contribution in [-0.4, -0.2) is 28.2 Å². The fourth-order valence-electron chi connectivity index (χ4n) is 2.11. The van der Waals surface area contributed by atoms with Crippen molar-refractivity contribution in [2.24, 2.45) is 0 Å². The topological polar surface area (TPSA) is 57.8 Å². The van der Waals surface area contributed by atoms with Gasteiger partial charge in [-0.05, 0) is 12.0 Å². The Labute approximate surface area is 136 Å². The Bertz CT molecular complexity index is 568. The first-order valence-electron chi connectivity index (χ1n) is 7.79. The van der Waals surface area contributed by atoms with Crippen molar-refractivity contribution in [1.29, 1.82) is 0 Å². The van der Waals surface area contributed by atoms with Gasteiger partial charge in [-0.15, -0.1) is 0 Å². The van der Waals surface area contributed by atoms with Crippen molar-refractivity contribution in [2.75, 3.05) is 12.3 Å². The van der Waals surface area contributed by atoms with Gasteiger partial charge in [0.15, 0.2) is 5.16 Å². The highest BCUT2D eigenvalue weighted by Gasteiger charge is 2.06. The predicted molar refractivity (Wildman–Crippen MR) is 91.9 cm³/mol. The van der Waals surface area contributed by atoms with Crippen LogP contribution in [0.4, 0.5) is 0 Å². The number of aromatic nitrogens is 2. The molecule has 2 aromatic rings. The fraction of sp³-hybridized carbons (Fsp3) is 0.412. The van der Waals surface area contributed by atoms with Gasteiger partial charge in [0, 0.05) is 6.54 Å². The Morgan fingerprint density at radius 2 is 2.05 bits per heavy atom. The minimum Gasteiger partial charge on any atom is -0.355 e. The molecule has 0 spiro atoms. The molecule has 0 fully saturated rings. The quantitative estimate of drug-likeness (QED) is 0.545. The van der Waals surface area contributed by atoms with Crippen LogP contribution in [0.15, 0.2) is 41.7 Å². The Balaban J connectivity index is 1.71. The van der Waals surface area contributed by atoms with E-state index >= 15 is 0 Å². The number of carbonyl (C=O) groups is 1. The number of nitrogens with zero attached hydrogens (tertiary/aromatic N) is 1. The number of amides is 1. The maximum Gasteiger partial charge on any atom is 0.230 e. The third-order valence-corrected chi connectivity index (χ3v) is 4.22. The maximum atomic E-state index is 11.8. The summed E-state index contributed by atoms with van der Waals surface area (Å²) in [5.74, 6) is 0.467. The van der Waals surface area contributed by atoms with Crippen LogP contribution < -0.4 is 5.32 Å². The molecule has 1 aromatic carbocycles. The molecule has 118 valence electrons. The van der Waals surface area contributed by atoms with Crippen molar-refractivity contribution >= 4 is 17.7 Å². The van der Waals surface area contributed by atoms with Crippen molar-refractivity contribution in [3.8, 4) is 11.3 Å². The van der Waals surface area contributed by atoms with E-state index in [1.54, 1.807) is 6.20 Å². The predicted octanol–water partition coefficient (Wildman–Crippen LogP) is 3.87. The van der Waals surface area contributed by atoms with Gasteiger partial charge in [0.2, 0.25) is 5.91 Å². The summed E-state index contributed by atoms with van der Waals surface area (Å²) in [6.45, 7) is 2.95. The normalized spacial score (nSPS) is 10.6. The molecule has 2 N–H and O–H groups in total. The number of aromatic amines is 1. The van der Waals surface area contributed by atoms with E-state index in [1.165, 1.54) is 31.0 Å². The van der Waals surface area contributed by atoms with Gasteiger partial charge in [0.25, 0.3) is 0 Å². The first-order valence-corrected chi connectivity index (χ1v) is 8.78. The van der Waals surface area contributed by atoms with E-state index in [0.29, 0.717) is 5.75 Å². The zero-order chi connectivity index (χ0) is 15.6. The molecule has 0 radical (unpaired) electrons. The molecule has 0 atom stereocenters. The van der Waals surface area contributed by atoms with Gasteiger partial charge in [-0.2, -0.15) is 0 Å². The standard InChI is InChI=1S/C17H23N3OS/c1-2-3-4-8-11-18-16(21)13-22-17-19-12-15(20-17)14-9-6-5-7-10-14/h5-7,9-10,12H,2-4,8,11,13H2,1H3,(H,18,21)(H,19,20). The summed E-state index contributed by atoms with van der Waals surface area (Å²) in [6, 6.07) is 10.0. The molecule has 0 aliphatic heterocycles. The smallest absolute Gasteiger partial charge is 0.230 e. The first-order chi connectivity index (χ1) is 10.8. The lowest BCUT2D eigenvalue weighted by atomic mass is 10.2. The molecule has 1 heterocycles. The Hall–Kier alpha value is -1.75. The number of H-pyrrole nitrogens is 1. The van der Waals surface area contributed by atoms with E-state index in [9.17, 15) is 4.79 Å². The van der Waals surface area contributed by atoms with E-state index in [2.05, 4.69) is 22.2 Å². The largest absolute Gasteiger partial charge is 0.355 e. The number of hydrogen-bond donors (Lipinski definition) is 2. The number of nitrogens with one attached hydrogen (secondary N) is 2. The lowest BCUT2D eigenvalue weighted by Gasteiger charge is -2.03. The van der Waals surface area contributed by atoms with Gasteiger partial charge in [-0.1, -0.05) is 68.3 Å². The van der Waals surface area contributed by atoms with Gasteiger partial charge in [0.1, 0.15) is 0 Å². The molecular formula is C17H23N3OS. The van der Waals surface area contributed by atoms with Gasteiger partial charge in [0.05, 0.1) is 17.6 Å². The highest BCUT2D eigenvalue weighted by molar-refractivity contribution is 7.99. The van der Waals surface area contributed by atoms with Gasteiger partial charge in [-0.3, -0.25) is 4.79 Å². The molecule has 0 aliphatic rings. The highest BCUT2D eigenvalue weighted by atomic mass is 32.2. The van der Waals surface area contributed by atoms with Gasteiger partial charge >= 0.3 is 0 Å². The summed E-state index contributed by atoms with van der Waals surface area (Å²) in [6.07, 6.45) is 6.50. The van der Waals surface area contributed by atoms with Crippen LogP contribution in [0.1, 0.15) is 32.6 Å². The van der Waals surface area contributed by atoms with E-state index in [0.717, 1.165) is 29.4 Å². The van der Waals surface area contributed by atoms with Gasteiger partial charge in [-0.25, -0.2) is 4.98 Å². The number of unbranched alkanes of at least 4 members (excludes halogenated alkanes) is 3. The lowest BCUT2D eigenvalue weighted by Crippen LogP contribution is -2.26. The summed E-state index contributed by atoms with van der Waals surface area (Å²) in [4.78, 5) is 19.3. The van der Waals surface area contributed by atoms with E-state index in [-0.39, 0.29) is 5.91 Å². The average molecular weight is 317 g/mol. The SMILES string of the molecule is CCCCCCNC(=O)CSc1ncc(-c2ccccc2)[nH]1. The molecule has 1 amide bonds. The number of benzene rings is 1. The molecule has 0 saturated carbocycles. The molecule has 2 rings (SSSR count). The fourth-order valence-corrected chi connectivity index (χ4v) is 2.78. The number of imidazole rings is 1. The summed E-state index contributed by atoms with van der Waals surface area (Å²) < 4.78 is 0. The van der Waals surface area contributed by atoms with Crippen LogP contribution in [0.5, 0.6) is 0 Å². The first kappa shape index (κ1) is 16.6. The van der Waals surface area contributed by atoms with E-state index < -0.39 is 0 Å². The number of hydrogen-bond acceptors (Lipinski definition) is 3. The Kier molecular flexibility index (Phi) is 7.03. The van der Waals surface area contributed by atoms with E-state index in [4.69, 9.17) is 0 Å². The van der Waals surface area contributed by atoms with Crippen molar-refractivity contribution in [3.63, 3.8) is 0 Å². The average Bonchev–Trinajstić information content (AvgIpc) is 3.02. The molecule has 0 bridgehead atoms.